The van der Waals surface area contributed by atoms with Gasteiger partial charge >= 0.3 is 0 Å². The Balaban J connectivity index is 1.28. The van der Waals surface area contributed by atoms with Gasteiger partial charge in [0, 0.05) is 38.3 Å². The van der Waals surface area contributed by atoms with Gasteiger partial charge in [-0.2, -0.15) is 0 Å². The quantitative estimate of drug-likeness (QED) is 0.637. The van der Waals surface area contributed by atoms with E-state index in [-0.39, 0.29) is 30.1 Å². The van der Waals surface area contributed by atoms with Crippen LogP contribution in [0, 0.1) is 0 Å². The molecule has 3 amide bonds. The highest BCUT2D eigenvalue weighted by Gasteiger charge is 2.36. The van der Waals surface area contributed by atoms with Crippen LogP contribution in [0.2, 0.25) is 0 Å². The first kappa shape index (κ1) is 16.8. The van der Waals surface area contributed by atoms with E-state index in [1.807, 2.05) is 28.8 Å². The zero-order valence-electron chi connectivity index (χ0n) is 14.3. The number of aromatic nitrogens is 4. The summed E-state index contributed by atoms with van der Waals surface area (Å²) in [7, 11) is 0. The first-order valence-corrected chi connectivity index (χ1v) is 8.51. The summed E-state index contributed by atoms with van der Waals surface area (Å²) < 4.78 is 1.86. The van der Waals surface area contributed by atoms with Gasteiger partial charge < -0.3 is 5.32 Å². The Morgan fingerprint density at radius 1 is 1.07 bits per heavy atom. The Hall–Kier alpha value is -3.62. The van der Waals surface area contributed by atoms with Crippen molar-refractivity contribution < 1.29 is 14.4 Å². The second kappa shape index (κ2) is 6.94. The lowest BCUT2D eigenvalue weighted by molar-refractivity contribution is -0.121. The van der Waals surface area contributed by atoms with E-state index in [4.69, 9.17) is 0 Å². The van der Waals surface area contributed by atoms with Crippen molar-refractivity contribution in [2.75, 3.05) is 13.1 Å². The van der Waals surface area contributed by atoms with Crippen molar-refractivity contribution in [3.05, 3.63) is 59.8 Å². The smallest absolute Gasteiger partial charge is 0.280 e. The molecule has 3 aromatic heterocycles. The SMILES string of the molecule is O=C(CCN1C(=O)c2cccnc2C1=O)NCCc1nnc2ccccn12. The van der Waals surface area contributed by atoms with Crippen molar-refractivity contribution in [1.29, 1.82) is 0 Å². The third-order valence-electron chi connectivity index (χ3n) is 4.35. The molecule has 1 aliphatic rings. The molecule has 0 aromatic carbocycles. The van der Waals surface area contributed by atoms with E-state index in [9.17, 15) is 14.4 Å². The van der Waals surface area contributed by atoms with Crippen LogP contribution < -0.4 is 5.32 Å². The molecule has 0 atom stereocenters. The Morgan fingerprint density at radius 3 is 2.81 bits per heavy atom. The second-order valence-corrected chi connectivity index (χ2v) is 6.06. The number of rotatable bonds is 6. The summed E-state index contributed by atoms with van der Waals surface area (Å²) in [6.45, 7) is 0.409. The third kappa shape index (κ3) is 3.14. The highest BCUT2D eigenvalue weighted by atomic mass is 16.2. The summed E-state index contributed by atoms with van der Waals surface area (Å²) >= 11 is 0. The maximum Gasteiger partial charge on any atom is 0.280 e. The van der Waals surface area contributed by atoms with E-state index in [0.717, 1.165) is 16.4 Å². The topological polar surface area (TPSA) is 110 Å². The highest BCUT2D eigenvalue weighted by Crippen LogP contribution is 2.20. The summed E-state index contributed by atoms with van der Waals surface area (Å²) in [5.74, 6) is -0.366. The number of imide groups is 1. The maximum atomic E-state index is 12.2. The number of nitrogens with zero attached hydrogens (tertiary/aromatic N) is 5. The Bertz CT molecular complexity index is 1010. The predicted octanol–water partition coefficient (Wildman–Crippen LogP) is 0.469. The largest absolute Gasteiger partial charge is 0.356 e. The molecule has 0 fully saturated rings. The molecule has 0 radical (unpaired) electrons. The average Bonchev–Trinajstić information content (AvgIpc) is 3.20. The molecule has 0 saturated heterocycles. The lowest BCUT2D eigenvalue weighted by Crippen LogP contribution is -2.35. The van der Waals surface area contributed by atoms with Crippen LogP contribution in [-0.4, -0.2) is 55.3 Å². The second-order valence-electron chi connectivity index (χ2n) is 6.06. The van der Waals surface area contributed by atoms with Crippen LogP contribution in [0.15, 0.2) is 42.7 Å². The minimum atomic E-state index is -0.460. The van der Waals surface area contributed by atoms with Crippen molar-refractivity contribution in [3.8, 4) is 0 Å². The maximum absolute atomic E-state index is 12.2. The number of fused-ring (bicyclic) bond motifs is 2. The van der Waals surface area contributed by atoms with Crippen LogP contribution in [0.5, 0.6) is 0 Å². The van der Waals surface area contributed by atoms with E-state index in [1.54, 1.807) is 12.1 Å². The molecule has 0 saturated carbocycles. The van der Waals surface area contributed by atoms with E-state index in [1.165, 1.54) is 6.20 Å². The zero-order chi connectivity index (χ0) is 18.8. The van der Waals surface area contributed by atoms with Gasteiger partial charge in [0.25, 0.3) is 11.8 Å². The first-order valence-electron chi connectivity index (χ1n) is 8.51. The van der Waals surface area contributed by atoms with Crippen LogP contribution >= 0.6 is 0 Å². The normalized spacial score (nSPS) is 13.3. The average molecular weight is 364 g/mol. The molecular formula is C18H16N6O3. The molecule has 9 heteroatoms. The van der Waals surface area contributed by atoms with Gasteiger partial charge in [-0.25, -0.2) is 0 Å². The minimum Gasteiger partial charge on any atom is -0.356 e. The van der Waals surface area contributed by atoms with E-state index < -0.39 is 11.8 Å². The molecule has 0 spiro atoms. The van der Waals surface area contributed by atoms with Crippen molar-refractivity contribution >= 4 is 23.4 Å². The number of hydrogen-bond acceptors (Lipinski definition) is 6. The van der Waals surface area contributed by atoms with Crippen LogP contribution in [-0.2, 0) is 11.2 Å². The number of carbonyl (C=O) groups is 3. The fourth-order valence-electron chi connectivity index (χ4n) is 2.99. The van der Waals surface area contributed by atoms with Gasteiger partial charge in [0.15, 0.2) is 5.65 Å². The molecule has 9 nitrogen and oxygen atoms in total. The molecule has 136 valence electrons. The summed E-state index contributed by atoms with van der Waals surface area (Å²) in [6.07, 6.45) is 3.89. The highest BCUT2D eigenvalue weighted by molar-refractivity contribution is 6.20. The Morgan fingerprint density at radius 2 is 1.96 bits per heavy atom. The number of nitrogens with one attached hydrogen (secondary N) is 1. The van der Waals surface area contributed by atoms with Gasteiger partial charge in [-0.05, 0) is 24.3 Å². The first-order chi connectivity index (χ1) is 13.1. The monoisotopic (exact) mass is 364 g/mol. The van der Waals surface area contributed by atoms with Crippen molar-refractivity contribution in [1.82, 2.24) is 29.8 Å². The van der Waals surface area contributed by atoms with Gasteiger partial charge in [0.05, 0.1) is 5.56 Å². The molecule has 27 heavy (non-hydrogen) atoms. The molecular weight excluding hydrogens is 348 g/mol. The lowest BCUT2D eigenvalue weighted by Gasteiger charge is -2.13. The van der Waals surface area contributed by atoms with Crippen LogP contribution in [0.25, 0.3) is 5.65 Å². The zero-order valence-corrected chi connectivity index (χ0v) is 14.3. The van der Waals surface area contributed by atoms with Crippen molar-refractivity contribution in [2.45, 2.75) is 12.8 Å². The predicted molar refractivity (Wildman–Crippen MR) is 93.9 cm³/mol. The lowest BCUT2D eigenvalue weighted by atomic mass is 10.2. The molecule has 3 aromatic rings. The van der Waals surface area contributed by atoms with Crippen LogP contribution in [0.4, 0.5) is 0 Å². The van der Waals surface area contributed by atoms with Crippen LogP contribution in [0.3, 0.4) is 0 Å². The molecule has 0 unspecified atom stereocenters. The van der Waals surface area contributed by atoms with Gasteiger partial charge in [-0.3, -0.25) is 28.7 Å². The van der Waals surface area contributed by atoms with E-state index >= 15 is 0 Å². The van der Waals surface area contributed by atoms with Gasteiger partial charge in [0.2, 0.25) is 5.91 Å². The minimum absolute atomic E-state index is 0.0216. The Kier molecular flexibility index (Phi) is 4.33. The standard InChI is InChI=1S/C18H16N6O3/c25-15(19-9-6-14-22-21-13-5-1-2-10-23(13)14)7-11-24-17(26)12-4-3-8-20-16(12)18(24)27/h1-5,8,10H,6-7,9,11H2,(H,19,25). The van der Waals surface area contributed by atoms with E-state index in [2.05, 4.69) is 20.5 Å². The molecule has 4 heterocycles. The van der Waals surface area contributed by atoms with Gasteiger partial charge in [0.1, 0.15) is 11.5 Å². The van der Waals surface area contributed by atoms with Crippen molar-refractivity contribution in [2.24, 2.45) is 0 Å². The molecule has 4 rings (SSSR count). The number of hydrogen-bond donors (Lipinski definition) is 1. The Labute approximate surface area is 154 Å². The number of carbonyl (C=O) groups excluding carboxylic acids is 3. The third-order valence-corrected chi connectivity index (χ3v) is 4.35. The molecule has 0 bridgehead atoms. The molecule has 1 N–H and O–H groups in total. The molecule has 0 aliphatic carbocycles. The van der Waals surface area contributed by atoms with E-state index in [0.29, 0.717) is 13.0 Å². The summed E-state index contributed by atoms with van der Waals surface area (Å²) in [6, 6.07) is 8.78. The van der Waals surface area contributed by atoms with Gasteiger partial charge in [-0.1, -0.05) is 6.07 Å². The summed E-state index contributed by atoms with van der Waals surface area (Å²) in [4.78, 5) is 41.5. The van der Waals surface area contributed by atoms with Gasteiger partial charge in [-0.15, -0.1) is 10.2 Å². The number of amides is 3. The molecule has 1 aliphatic heterocycles. The van der Waals surface area contributed by atoms with Crippen LogP contribution in [0.1, 0.15) is 33.1 Å². The summed E-state index contributed by atoms with van der Waals surface area (Å²) in [5, 5.41) is 10.9. The van der Waals surface area contributed by atoms with Crippen molar-refractivity contribution in [3.63, 3.8) is 0 Å². The fraction of sp³-hybridized carbons (Fsp3) is 0.222. The number of pyridine rings is 2. The fourth-order valence-corrected chi connectivity index (χ4v) is 2.99. The summed E-state index contributed by atoms with van der Waals surface area (Å²) in [5.41, 5.74) is 1.17.